The predicted molar refractivity (Wildman–Crippen MR) is 104 cm³/mol. The Morgan fingerprint density at radius 3 is 3.04 bits per heavy atom. The largest absolute Gasteiger partial charge is 0.361 e. The Hall–Kier alpha value is -3.21. The number of rotatable bonds is 2. The first-order chi connectivity index (χ1) is 13.2. The van der Waals surface area contributed by atoms with Crippen LogP contribution in [0.4, 0.5) is 0 Å². The molecule has 0 spiro atoms. The fourth-order valence-electron chi connectivity index (χ4n) is 4.28. The summed E-state index contributed by atoms with van der Waals surface area (Å²) in [6.07, 6.45) is 10.8. The van der Waals surface area contributed by atoms with Gasteiger partial charge in [-0.1, -0.05) is 24.3 Å². The minimum atomic E-state index is -0.197. The quantitative estimate of drug-likeness (QED) is 0.865. The fourth-order valence-corrected chi connectivity index (χ4v) is 4.28. The number of aromatic amines is 1. The molecule has 1 unspecified atom stereocenters. The van der Waals surface area contributed by atoms with Gasteiger partial charge in [-0.3, -0.25) is 9.59 Å². The SMILES string of the molecule is O=C(Cc1c[nH]c2ccccc12)N=C1C=CC2C(=C1)NC(=O)C1=C2CCC1. The molecular weight excluding hydrogens is 338 g/mol. The maximum atomic E-state index is 12.5. The molecule has 1 aromatic carbocycles. The van der Waals surface area contributed by atoms with Crippen molar-refractivity contribution in [2.45, 2.75) is 25.7 Å². The maximum Gasteiger partial charge on any atom is 0.251 e. The van der Waals surface area contributed by atoms with Gasteiger partial charge >= 0.3 is 0 Å². The summed E-state index contributed by atoms with van der Waals surface area (Å²) in [6, 6.07) is 7.91. The molecule has 0 saturated carbocycles. The zero-order chi connectivity index (χ0) is 18.4. The van der Waals surface area contributed by atoms with Gasteiger partial charge in [-0.25, -0.2) is 4.99 Å². The molecule has 3 aliphatic rings. The number of hydrogen-bond acceptors (Lipinski definition) is 2. The molecule has 2 aliphatic carbocycles. The van der Waals surface area contributed by atoms with E-state index in [1.165, 1.54) is 5.57 Å². The lowest BCUT2D eigenvalue weighted by Gasteiger charge is -2.28. The van der Waals surface area contributed by atoms with Gasteiger partial charge in [-0.05, 0) is 48.6 Å². The molecule has 0 bridgehead atoms. The molecule has 2 aromatic rings. The standard InChI is InChI=1S/C22H19N3O2/c26-21(10-13-12-23-19-7-2-1-4-15(13)19)24-14-8-9-17-16-5-3-6-18(16)22(27)25-20(17)11-14/h1-2,4,7-9,11-12,17,23H,3,5-6,10H2,(H,25,27). The second-order valence-corrected chi connectivity index (χ2v) is 7.21. The van der Waals surface area contributed by atoms with E-state index < -0.39 is 0 Å². The van der Waals surface area contributed by atoms with E-state index in [1.54, 1.807) is 0 Å². The zero-order valence-corrected chi connectivity index (χ0v) is 14.8. The predicted octanol–water partition coefficient (Wildman–Crippen LogP) is 3.36. The highest BCUT2D eigenvalue weighted by Crippen LogP contribution is 2.39. The number of para-hydroxylation sites is 1. The fraction of sp³-hybridized carbons (Fsp3) is 0.227. The van der Waals surface area contributed by atoms with E-state index in [0.717, 1.165) is 47.0 Å². The molecule has 1 aromatic heterocycles. The number of H-pyrrole nitrogens is 1. The van der Waals surface area contributed by atoms with E-state index >= 15 is 0 Å². The number of allylic oxidation sites excluding steroid dienone is 3. The summed E-state index contributed by atoms with van der Waals surface area (Å²) in [4.78, 5) is 32.2. The van der Waals surface area contributed by atoms with Gasteiger partial charge in [0.05, 0.1) is 12.1 Å². The minimum Gasteiger partial charge on any atom is -0.361 e. The molecule has 0 fully saturated rings. The molecular formula is C22H19N3O2. The van der Waals surface area contributed by atoms with Crippen molar-refractivity contribution in [1.82, 2.24) is 10.3 Å². The third-order valence-corrected chi connectivity index (χ3v) is 5.54. The number of hydrogen-bond donors (Lipinski definition) is 2. The number of nitrogens with zero attached hydrogens (tertiary/aromatic N) is 1. The van der Waals surface area contributed by atoms with Crippen molar-refractivity contribution in [3.8, 4) is 0 Å². The highest BCUT2D eigenvalue weighted by molar-refractivity contribution is 6.12. The molecule has 1 atom stereocenters. The van der Waals surface area contributed by atoms with Gasteiger partial charge < -0.3 is 10.3 Å². The molecule has 27 heavy (non-hydrogen) atoms. The lowest BCUT2D eigenvalue weighted by Crippen LogP contribution is -2.35. The first kappa shape index (κ1) is 16.0. The molecule has 2 amide bonds. The van der Waals surface area contributed by atoms with E-state index in [-0.39, 0.29) is 24.2 Å². The van der Waals surface area contributed by atoms with Crippen LogP contribution in [0.1, 0.15) is 24.8 Å². The first-order valence-electron chi connectivity index (χ1n) is 9.28. The molecule has 5 rings (SSSR count). The zero-order valence-electron chi connectivity index (χ0n) is 14.8. The normalized spacial score (nSPS) is 22.7. The Morgan fingerprint density at radius 2 is 2.11 bits per heavy atom. The average molecular weight is 357 g/mol. The number of aromatic nitrogens is 1. The van der Waals surface area contributed by atoms with Gasteiger partial charge in [0.25, 0.3) is 11.8 Å². The molecule has 2 heterocycles. The number of benzene rings is 1. The van der Waals surface area contributed by atoms with Gasteiger partial charge in [-0.2, -0.15) is 0 Å². The lowest BCUT2D eigenvalue weighted by molar-refractivity contribution is -0.118. The minimum absolute atomic E-state index is 0.00442. The Balaban J connectivity index is 1.38. The van der Waals surface area contributed by atoms with Gasteiger partial charge in [-0.15, -0.1) is 0 Å². The topological polar surface area (TPSA) is 74.3 Å². The Kier molecular flexibility index (Phi) is 3.67. The summed E-state index contributed by atoms with van der Waals surface area (Å²) < 4.78 is 0. The molecule has 0 radical (unpaired) electrons. The number of nitrogens with one attached hydrogen (secondary N) is 2. The van der Waals surface area contributed by atoms with Gasteiger partial charge in [0.1, 0.15) is 0 Å². The number of amides is 2. The summed E-state index contributed by atoms with van der Waals surface area (Å²) in [5, 5.41) is 4.02. The summed E-state index contributed by atoms with van der Waals surface area (Å²) in [7, 11) is 0. The van der Waals surface area contributed by atoms with Crippen LogP contribution in [0.3, 0.4) is 0 Å². The van der Waals surface area contributed by atoms with Crippen LogP contribution in [0.15, 0.2) is 70.5 Å². The van der Waals surface area contributed by atoms with Crippen LogP contribution in [-0.2, 0) is 16.0 Å². The van der Waals surface area contributed by atoms with Crippen molar-refractivity contribution in [3.63, 3.8) is 0 Å². The van der Waals surface area contributed by atoms with E-state index in [4.69, 9.17) is 0 Å². The Labute approximate surface area is 156 Å². The summed E-state index contributed by atoms with van der Waals surface area (Å²) in [5.74, 6) is -0.0646. The number of fused-ring (bicyclic) bond motifs is 3. The van der Waals surface area contributed by atoms with Crippen LogP contribution in [-0.4, -0.2) is 22.5 Å². The van der Waals surface area contributed by atoms with E-state index in [2.05, 4.69) is 15.3 Å². The van der Waals surface area contributed by atoms with Gasteiger partial charge in [0, 0.05) is 34.3 Å². The van der Waals surface area contributed by atoms with E-state index in [9.17, 15) is 9.59 Å². The molecule has 5 nitrogen and oxygen atoms in total. The van der Waals surface area contributed by atoms with Gasteiger partial charge in [0.15, 0.2) is 0 Å². The third kappa shape index (κ3) is 2.76. The average Bonchev–Trinajstić information content (AvgIpc) is 3.30. The van der Waals surface area contributed by atoms with Crippen LogP contribution in [0.25, 0.3) is 10.9 Å². The summed E-state index contributed by atoms with van der Waals surface area (Å²) in [6.45, 7) is 0. The van der Waals surface area contributed by atoms with Crippen molar-refractivity contribution < 1.29 is 9.59 Å². The van der Waals surface area contributed by atoms with Crippen molar-refractivity contribution >= 4 is 28.4 Å². The van der Waals surface area contributed by atoms with Crippen LogP contribution in [0.5, 0.6) is 0 Å². The second kappa shape index (κ2) is 6.20. The van der Waals surface area contributed by atoms with Gasteiger partial charge in [0.2, 0.25) is 0 Å². The van der Waals surface area contributed by atoms with Crippen LogP contribution >= 0.6 is 0 Å². The van der Waals surface area contributed by atoms with Crippen molar-refractivity contribution in [3.05, 3.63) is 71.1 Å². The highest BCUT2D eigenvalue weighted by Gasteiger charge is 2.34. The Morgan fingerprint density at radius 1 is 1.22 bits per heavy atom. The smallest absolute Gasteiger partial charge is 0.251 e. The molecule has 134 valence electrons. The summed E-state index contributed by atoms with van der Waals surface area (Å²) in [5.41, 5.74) is 5.55. The lowest BCUT2D eigenvalue weighted by atomic mass is 9.85. The highest BCUT2D eigenvalue weighted by atomic mass is 16.2. The van der Waals surface area contributed by atoms with Crippen molar-refractivity contribution in [1.29, 1.82) is 0 Å². The number of carbonyl (C=O) groups is 2. The van der Waals surface area contributed by atoms with Crippen LogP contribution in [0, 0.1) is 5.92 Å². The maximum absolute atomic E-state index is 12.5. The van der Waals surface area contributed by atoms with E-state index in [0.29, 0.717) is 5.71 Å². The van der Waals surface area contributed by atoms with E-state index in [1.807, 2.05) is 48.7 Å². The van der Waals surface area contributed by atoms with Crippen LogP contribution < -0.4 is 5.32 Å². The monoisotopic (exact) mass is 357 g/mol. The molecule has 5 heteroatoms. The number of aliphatic imine (C=N–C) groups is 1. The Bertz CT molecular complexity index is 1100. The molecule has 1 aliphatic heterocycles. The van der Waals surface area contributed by atoms with Crippen molar-refractivity contribution in [2.24, 2.45) is 10.9 Å². The number of carbonyl (C=O) groups excluding carboxylic acids is 2. The molecule has 2 N–H and O–H groups in total. The van der Waals surface area contributed by atoms with Crippen LogP contribution in [0.2, 0.25) is 0 Å². The van der Waals surface area contributed by atoms with Crippen molar-refractivity contribution in [2.75, 3.05) is 0 Å². The third-order valence-electron chi connectivity index (χ3n) is 5.54. The molecule has 0 saturated heterocycles. The summed E-state index contributed by atoms with van der Waals surface area (Å²) >= 11 is 0. The first-order valence-corrected chi connectivity index (χ1v) is 9.28. The second-order valence-electron chi connectivity index (χ2n) is 7.21.